The highest BCUT2D eigenvalue weighted by Gasteiger charge is 2.21. The zero-order chi connectivity index (χ0) is 16.3. The Morgan fingerprint density at radius 1 is 1.36 bits per heavy atom. The number of rotatable bonds is 4. The molecular weight excluding hydrogens is 317 g/mol. The van der Waals surface area contributed by atoms with E-state index in [0.717, 1.165) is 11.3 Å². The number of hydrogen-bond acceptors (Lipinski definition) is 4. The van der Waals surface area contributed by atoms with Gasteiger partial charge in [0.2, 0.25) is 0 Å². The third kappa shape index (κ3) is 3.10. The van der Waals surface area contributed by atoms with Crippen LogP contribution in [0.4, 0.5) is 13.2 Å². The van der Waals surface area contributed by atoms with Crippen LogP contribution >= 0.6 is 11.3 Å². The number of nitrogens with one attached hydrogen (secondary N) is 1. The minimum atomic E-state index is -1.63. The number of halogens is 3. The number of nitrogens with zero attached hydrogens (tertiary/aromatic N) is 1. The molecule has 0 bridgehead atoms. The van der Waals surface area contributed by atoms with Gasteiger partial charge in [-0.05, 0) is 29.1 Å². The molecule has 0 fully saturated rings. The Bertz CT molecular complexity index is 732. The van der Waals surface area contributed by atoms with Gasteiger partial charge in [-0.3, -0.25) is 4.79 Å². The maximum atomic E-state index is 13.2. The molecule has 1 atom stereocenters. The SMILES string of the molecule is N#Cc1ccsc1C(=O)NC(CO)c1cc(F)c(F)c(F)c1. The van der Waals surface area contributed by atoms with Crippen molar-refractivity contribution in [1.82, 2.24) is 5.32 Å². The summed E-state index contributed by atoms with van der Waals surface area (Å²) in [6, 6.07) is 3.53. The number of benzene rings is 1. The van der Waals surface area contributed by atoms with Gasteiger partial charge in [-0.1, -0.05) is 0 Å². The molecular formula is C14H9F3N2O2S. The molecule has 0 saturated carbocycles. The van der Waals surface area contributed by atoms with E-state index in [9.17, 15) is 23.1 Å². The van der Waals surface area contributed by atoms with Gasteiger partial charge >= 0.3 is 0 Å². The maximum absolute atomic E-state index is 13.2. The smallest absolute Gasteiger partial charge is 0.263 e. The van der Waals surface area contributed by atoms with Crippen LogP contribution in [-0.4, -0.2) is 17.6 Å². The predicted octanol–water partition coefficient (Wildman–Crippen LogP) is 2.50. The zero-order valence-corrected chi connectivity index (χ0v) is 11.8. The van der Waals surface area contributed by atoms with Crippen molar-refractivity contribution >= 4 is 17.2 Å². The normalized spacial score (nSPS) is 11.8. The summed E-state index contributed by atoms with van der Waals surface area (Å²) in [7, 11) is 0. The minimum Gasteiger partial charge on any atom is -0.394 e. The fraction of sp³-hybridized carbons (Fsp3) is 0.143. The molecule has 0 aliphatic heterocycles. The Hall–Kier alpha value is -2.37. The molecule has 1 amide bonds. The highest BCUT2D eigenvalue weighted by atomic mass is 32.1. The maximum Gasteiger partial charge on any atom is 0.263 e. The minimum absolute atomic E-state index is 0.115. The van der Waals surface area contributed by atoms with Gasteiger partial charge in [-0.15, -0.1) is 11.3 Å². The van der Waals surface area contributed by atoms with E-state index in [4.69, 9.17) is 5.26 Å². The van der Waals surface area contributed by atoms with Crippen molar-refractivity contribution in [3.05, 3.63) is 57.0 Å². The predicted molar refractivity (Wildman–Crippen MR) is 72.6 cm³/mol. The van der Waals surface area contributed by atoms with Gasteiger partial charge < -0.3 is 10.4 Å². The first-order valence-electron chi connectivity index (χ1n) is 6.01. The largest absolute Gasteiger partial charge is 0.394 e. The lowest BCUT2D eigenvalue weighted by atomic mass is 10.1. The van der Waals surface area contributed by atoms with Crippen molar-refractivity contribution in [2.45, 2.75) is 6.04 Å². The van der Waals surface area contributed by atoms with E-state index in [-0.39, 0.29) is 16.0 Å². The molecule has 2 aromatic rings. The average Bonchev–Trinajstić information content (AvgIpc) is 2.98. The fourth-order valence-corrected chi connectivity index (χ4v) is 2.55. The van der Waals surface area contributed by atoms with Gasteiger partial charge in [0.15, 0.2) is 17.5 Å². The lowest BCUT2D eigenvalue weighted by Gasteiger charge is -2.17. The van der Waals surface area contributed by atoms with E-state index >= 15 is 0 Å². The van der Waals surface area contributed by atoms with E-state index in [1.165, 1.54) is 6.07 Å². The van der Waals surface area contributed by atoms with Crippen molar-refractivity contribution in [1.29, 1.82) is 5.26 Å². The van der Waals surface area contributed by atoms with E-state index in [2.05, 4.69) is 5.32 Å². The van der Waals surface area contributed by atoms with E-state index < -0.39 is 36.0 Å². The first-order chi connectivity index (χ1) is 10.5. The molecule has 0 aliphatic carbocycles. The molecule has 0 spiro atoms. The molecule has 1 aromatic heterocycles. The number of carbonyl (C=O) groups is 1. The first-order valence-corrected chi connectivity index (χ1v) is 6.89. The molecule has 0 radical (unpaired) electrons. The Morgan fingerprint density at radius 3 is 2.55 bits per heavy atom. The second kappa shape index (κ2) is 6.60. The number of aliphatic hydroxyl groups excluding tert-OH is 1. The van der Waals surface area contributed by atoms with Crippen molar-refractivity contribution in [3.8, 4) is 6.07 Å². The second-order valence-electron chi connectivity index (χ2n) is 4.28. The number of nitriles is 1. The molecule has 1 aromatic carbocycles. The number of aliphatic hydroxyl groups is 1. The summed E-state index contributed by atoms with van der Waals surface area (Å²) >= 11 is 1.01. The molecule has 0 aliphatic rings. The summed E-state index contributed by atoms with van der Waals surface area (Å²) in [5.74, 6) is -5.14. The van der Waals surface area contributed by atoms with Crippen LogP contribution in [0.2, 0.25) is 0 Å². The van der Waals surface area contributed by atoms with E-state index in [0.29, 0.717) is 12.1 Å². The number of amides is 1. The van der Waals surface area contributed by atoms with E-state index in [1.54, 1.807) is 5.38 Å². The first kappa shape index (κ1) is 16.0. The van der Waals surface area contributed by atoms with Crippen LogP contribution in [-0.2, 0) is 0 Å². The van der Waals surface area contributed by atoms with Gasteiger partial charge in [0.25, 0.3) is 5.91 Å². The van der Waals surface area contributed by atoms with Crippen LogP contribution in [0.5, 0.6) is 0 Å². The van der Waals surface area contributed by atoms with Crippen LogP contribution in [0.15, 0.2) is 23.6 Å². The summed E-state index contributed by atoms with van der Waals surface area (Å²) < 4.78 is 39.4. The Balaban J connectivity index is 2.27. The van der Waals surface area contributed by atoms with Gasteiger partial charge in [0, 0.05) is 0 Å². The molecule has 2 rings (SSSR count). The number of carbonyl (C=O) groups excluding carboxylic acids is 1. The summed E-state index contributed by atoms with van der Waals surface area (Å²) in [6.45, 7) is -0.649. The third-order valence-electron chi connectivity index (χ3n) is 2.89. The van der Waals surface area contributed by atoms with Crippen LogP contribution in [0, 0.1) is 28.8 Å². The number of thiophene rings is 1. The highest BCUT2D eigenvalue weighted by molar-refractivity contribution is 7.12. The molecule has 1 heterocycles. The van der Waals surface area contributed by atoms with E-state index in [1.807, 2.05) is 6.07 Å². The van der Waals surface area contributed by atoms with Crippen LogP contribution in [0.25, 0.3) is 0 Å². The summed E-state index contributed by atoms with van der Waals surface area (Å²) in [5.41, 5.74) is 0.0259. The standard InChI is InChI=1S/C14H9F3N2O2S/c15-9-3-8(4-10(16)12(9)17)11(6-20)19-14(21)13-7(5-18)1-2-22-13/h1-4,11,20H,6H2,(H,19,21). The second-order valence-corrected chi connectivity index (χ2v) is 5.20. The van der Waals surface area contributed by atoms with Crippen LogP contribution in [0.3, 0.4) is 0 Å². The lowest BCUT2D eigenvalue weighted by Crippen LogP contribution is -2.31. The van der Waals surface area contributed by atoms with Crippen molar-refractivity contribution in [2.75, 3.05) is 6.61 Å². The van der Waals surface area contributed by atoms with Gasteiger partial charge in [-0.2, -0.15) is 5.26 Å². The third-order valence-corrected chi connectivity index (χ3v) is 3.80. The Kier molecular flexibility index (Phi) is 4.80. The molecule has 22 heavy (non-hydrogen) atoms. The fourth-order valence-electron chi connectivity index (χ4n) is 1.81. The highest BCUT2D eigenvalue weighted by Crippen LogP contribution is 2.21. The Labute approximate surface area is 127 Å². The van der Waals surface area contributed by atoms with Crippen LogP contribution in [0.1, 0.15) is 26.8 Å². The van der Waals surface area contributed by atoms with Crippen molar-refractivity contribution < 1.29 is 23.1 Å². The Morgan fingerprint density at radius 2 is 2.00 bits per heavy atom. The van der Waals surface area contributed by atoms with Crippen molar-refractivity contribution in [3.63, 3.8) is 0 Å². The lowest BCUT2D eigenvalue weighted by molar-refractivity contribution is 0.0919. The monoisotopic (exact) mass is 326 g/mol. The summed E-state index contributed by atoms with van der Waals surface area (Å²) in [5, 5.41) is 22.0. The molecule has 2 N–H and O–H groups in total. The average molecular weight is 326 g/mol. The summed E-state index contributed by atoms with van der Waals surface area (Å²) in [6.07, 6.45) is 0. The topological polar surface area (TPSA) is 73.1 Å². The molecule has 1 unspecified atom stereocenters. The molecule has 4 nitrogen and oxygen atoms in total. The van der Waals surface area contributed by atoms with Gasteiger partial charge in [0.05, 0.1) is 18.2 Å². The molecule has 8 heteroatoms. The molecule has 114 valence electrons. The van der Waals surface area contributed by atoms with Crippen LogP contribution < -0.4 is 5.32 Å². The quantitative estimate of drug-likeness (QED) is 0.848. The van der Waals surface area contributed by atoms with Crippen molar-refractivity contribution in [2.24, 2.45) is 0 Å². The summed E-state index contributed by atoms with van der Waals surface area (Å²) in [4.78, 5) is 12.2. The molecule has 0 saturated heterocycles. The zero-order valence-electron chi connectivity index (χ0n) is 10.9. The van der Waals surface area contributed by atoms with Gasteiger partial charge in [0.1, 0.15) is 10.9 Å². The van der Waals surface area contributed by atoms with Gasteiger partial charge in [-0.25, -0.2) is 13.2 Å². The number of hydrogen-bond donors (Lipinski definition) is 2.